The first-order chi connectivity index (χ1) is 15.2. The molecule has 0 bridgehead atoms. The van der Waals surface area contributed by atoms with Gasteiger partial charge in [-0.25, -0.2) is 14.4 Å². The highest BCUT2D eigenvalue weighted by Crippen LogP contribution is 2.25. The summed E-state index contributed by atoms with van der Waals surface area (Å²) >= 11 is 0. The van der Waals surface area contributed by atoms with Crippen molar-refractivity contribution in [1.29, 1.82) is 0 Å². The van der Waals surface area contributed by atoms with Crippen molar-refractivity contribution in [3.63, 3.8) is 0 Å². The molecule has 1 fully saturated rings. The number of nitrogens with zero attached hydrogens (tertiary/aromatic N) is 5. The lowest BCUT2D eigenvalue weighted by Gasteiger charge is -2.34. The van der Waals surface area contributed by atoms with Gasteiger partial charge in [0.25, 0.3) is 5.91 Å². The second kappa shape index (κ2) is 8.18. The van der Waals surface area contributed by atoms with Gasteiger partial charge >= 0.3 is 0 Å². The van der Waals surface area contributed by atoms with Crippen molar-refractivity contribution in [3.8, 4) is 0 Å². The molecule has 156 valence electrons. The van der Waals surface area contributed by atoms with E-state index in [1.54, 1.807) is 24.5 Å². The van der Waals surface area contributed by atoms with Gasteiger partial charge in [-0.05, 0) is 29.8 Å². The summed E-state index contributed by atoms with van der Waals surface area (Å²) in [7, 11) is 0. The summed E-state index contributed by atoms with van der Waals surface area (Å²) in [6.07, 6.45) is 5.35. The van der Waals surface area contributed by atoms with Crippen LogP contribution in [0.2, 0.25) is 0 Å². The van der Waals surface area contributed by atoms with Crippen LogP contribution in [0.25, 0.3) is 10.9 Å². The van der Waals surface area contributed by atoms with Gasteiger partial charge in [-0.15, -0.1) is 0 Å². The van der Waals surface area contributed by atoms with Crippen LogP contribution in [0, 0.1) is 5.82 Å². The van der Waals surface area contributed by atoms with Crippen LogP contribution in [0.1, 0.15) is 15.9 Å². The van der Waals surface area contributed by atoms with Crippen molar-refractivity contribution in [2.75, 3.05) is 31.1 Å². The van der Waals surface area contributed by atoms with Gasteiger partial charge in [-0.2, -0.15) is 0 Å². The molecule has 0 unspecified atom stereocenters. The highest BCUT2D eigenvalue weighted by Gasteiger charge is 2.25. The quantitative estimate of drug-likeness (QED) is 0.511. The topological polar surface area (TPSA) is 54.3 Å². The molecule has 0 atom stereocenters. The highest BCUT2D eigenvalue weighted by molar-refractivity contribution is 6.07. The molecule has 2 aromatic carbocycles. The van der Waals surface area contributed by atoms with E-state index in [2.05, 4.69) is 14.9 Å². The predicted octanol–water partition coefficient (Wildman–Crippen LogP) is 3.58. The maximum atomic E-state index is 13.6. The number of benzene rings is 2. The minimum absolute atomic E-state index is 0.0165. The first-order valence-corrected chi connectivity index (χ1v) is 10.3. The van der Waals surface area contributed by atoms with Crippen molar-refractivity contribution in [2.45, 2.75) is 6.54 Å². The maximum absolute atomic E-state index is 13.6. The number of fused-ring (bicyclic) bond motifs is 1. The number of amides is 1. The van der Waals surface area contributed by atoms with E-state index in [4.69, 9.17) is 0 Å². The summed E-state index contributed by atoms with van der Waals surface area (Å²) in [6.45, 7) is 3.11. The highest BCUT2D eigenvalue weighted by atomic mass is 19.1. The molecule has 1 aliphatic rings. The second-order valence-electron chi connectivity index (χ2n) is 7.65. The summed E-state index contributed by atoms with van der Waals surface area (Å²) in [4.78, 5) is 26.0. The monoisotopic (exact) mass is 415 g/mol. The maximum Gasteiger partial charge on any atom is 0.256 e. The fourth-order valence-corrected chi connectivity index (χ4v) is 4.11. The van der Waals surface area contributed by atoms with E-state index >= 15 is 0 Å². The van der Waals surface area contributed by atoms with Gasteiger partial charge in [-0.3, -0.25) is 4.79 Å². The summed E-state index contributed by atoms with van der Waals surface area (Å²) in [5.41, 5.74) is 2.50. The molecule has 1 aliphatic heterocycles. The summed E-state index contributed by atoms with van der Waals surface area (Å²) in [5, 5.41) is 0.915. The smallest absolute Gasteiger partial charge is 0.256 e. The third kappa shape index (κ3) is 3.86. The van der Waals surface area contributed by atoms with Crippen LogP contribution in [0.15, 0.2) is 73.2 Å². The molecule has 2 aromatic heterocycles. The zero-order valence-electron chi connectivity index (χ0n) is 17.0. The number of piperazine rings is 1. The SMILES string of the molecule is O=C(c1cn(Cc2cccc(F)c2)c2ccccc12)N1CCN(c2ncccn2)CC1. The van der Waals surface area contributed by atoms with Crippen LogP contribution < -0.4 is 4.90 Å². The number of carbonyl (C=O) groups is 1. The van der Waals surface area contributed by atoms with Gasteiger partial charge in [0.1, 0.15) is 5.82 Å². The summed E-state index contributed by atoms with van der Waals surface area (Å²) in [6, 6.07) is 16.2. The van der Waals surface area contributed by atoms with E-state index in [1.807, 2.05) is 46.0 Å². The van der Waals surface area contributed by atoms with E-state index in [0.29, 0.717) is 44.2 Å². The Kier molecular flexibility index (Phi) is 5.08. The number of carbonyl (C=O) groups excluding carboxylic acids is 1. The largest absolute Gasteiger partial charge is 0.342 e. The lowest BCUT2D eigenvalue weighted by atomic mass is 10.1. The first kappa shape index (κ1) is 19.2. The van der Waals surface area contributed by atoms with Crippen molar-refractivity contribution >= 4 is 22.8 Å². The van der Waals surface area contributed by atoms with Crippen LogP contribution in [-0.2, 0) is 6.54 Å². The lowest BCUT2D eigenvalue weighted by Crippen LogP contribution is -2.49. The van der Waals surface area contributed by atoms with Crippen molar-refractivity contribution in [3.05, 3.63) is 90.1 Å². The van der Waals surface area contributed by atoms with Crippen LogP contribution >= 0.6 is 0 Å². The van der Waals surface area contributed by atoms with E-state index in [0.717, 1.165) is 16.5 Å². The Balaban J connectivity index is 1.38. The van der Waals surface area contributed by atoms with Gasteiger partial charge in [0, 0.05) is 62.2 Å². The van der Waals surface area contributed by atoms with Gasteiger partial charge in [0.2, 0.25) is 5.95 Å². The van der Waals surface area contributed by atoms with Crippen LogP contribution in [-0.4, -0.2) is 51.5 Å². The minimum Gasteiger partial charge on any atom is -0.342 e. The standard InChI is InChI=1S/C24H22FN5O/c25-19-6-3-5-18(15-19)16-30-17-21(20-7-1-2-8-22(20)30)23(31)28-11-13-29(14-12-28)24-26-9-4-10-27-24/h1-10,15,17H,11-14,16H2. The Morgan fingerprint density at radius 3 is 2.48 bits per heavy atom. The van der Waals surface area contributed by atoms with E-state index in [1.165, 1.54) is 12.1 Å². The molecule has 6 nitrogen and oxygen atoms in total. The molecule has 31 heavy (non-hydrogen) atoms. The minimum atomic E-state index is -0.259. The molecule has 0 radical (unpaired) electrons. The van der Waals surface area contributed by atoms with E-state index in [-0.39, 0.29) is 11.7 Å². The molecule has 7 heteroatoms. The molecule has 0 saturated carbocycles. The van der Waals surface area contributed by atoms with Gasteiger partial charge < -0.3 is 14.4 Å². The van der Waals surface area contributed by atoms with Crippen molar-refractivity contribution in [2.24, 2.45) is 0 Å². The van der Waals surface area contributed by atoms with Crippen LogP contribution in [0.4, 0.5) is 10.3 Å². The third-order valence-electron chi connectivity index (χ3n) is 5.66. The average Bonchev–Trinajstić information content (AvgIpc) is 3.18. The van der Waals surface area contributed by atoms with Gasteiger partial charge in [0.15, 0.2) is 0 Å². The molecule has 1 amide bonds. The molecule has 0 N–H and O–H groups in total. The molecular weight excluding hydrogens is 393 g/mol. The fourth-order valence-electron chi connectivity index (χ4n) is 4.11. The average molecular weight is 415 g/mol. The second-order valence-corrected chi connectivity index (χ2v) is 7.65. The molecule has 1 saturated heterocycles. The Bertz CT molecular complexity index is 1220. The zero-order valence-corrected chi connectivity index (χ0v) is 17.0. The summed E-state index contributed by atoms with van der Waals surface area (Å²) < 4.78 is 15.7. The normalized spacial score (nSPS) is 14.2. The Labute approximate surface area is 179 Å². The molecule has 0 aliphatic carbocycles. The lowest BCUT2D eigenvalue weighted by molar-refractivity contribution is 0.0748. The number of hydrogen-bond donors (Lipinski definition) is 0. The number of para-hydroxylation sites is 1. The fraction of sp³-hybridized carbons (Fsp3) is 0.208. The molecular formula is C24H22FN5O. The number of halogens is 1. The first-order valence-electron chi connectivity index (χ1n) is 10.3. The number of rotatable bonds is 4. The zero-order chi connectivity index (χ0) is 21.2. The Morgan fingerprint density at radius 2 is 1.71 bits per heavy atom. The predicted molar refractivity (Wildman–Crippen MR) is 118 cm³/mol. The van der Waals surface area contributed by atoms with Crippen LogP contribution in [0.5, 0.6) is 0 Å². The van der Waals surface area contributed by atoms with E-state index in [9.17, 15) is 9.18 Å². The van der Waals surface area contributed by atoms with Gasteiger partial charge in [-0.1, -0.05) is 30.3 Å². The number of anilines is 1. The van der Waals surface area contributed by atoms with Gasteiger partial charge in [0.05, 0.1) is 5.56 Å². The number of hydrogen-bond acceptors (Lipinski definition) is 4. The van der Waals surface area contributed by atoms with E-state index < -0.39 is 0 Å². The molecule has 5 rings (SSSR count). The van der Waals surface area contributed by atoms with Crippen LogP contribution in [0.3, 0.4) is 0 Å². The Hall–Kier alpha value is -3.74. The molecule has 0 spiro atoms. The summed E-state index contributed by atoms with van der Waals surface area (Å²) in [5.74, 6) is 0.453. The molecule has 4 aromatic rings. The van der Waals surface area contributed by atoms with Crippen molar-refractivity contribution in [1.82, 2.24) is 19.4 Å². The third-order valence-corrected chi connectivity index (χ3v) is 5.66. The molecule has 3 heterocycles. The van der Waals surface area contributed by atoms with Crippen molar-refractivity contribution < 1.29 is 9.18 Å². The Morgan fingerprint density at radius 1 is 0.935 bits per heavy atom. The number of aromatic nitrogens is 3.